The maximum Gasteiger partial charge on any atom is 0.119 e. The molecule has 0 spiro atoms. The zero-order valence-electron chi connectivity index (χ0n) is 10.3. The quantitative estimate of drug-likeness (QED) is 0.595. The van der Waals surface area contributed by atoms with Crippen LogP contribution in [0.5, 0.6) is 5.75 Å². The summed E-state index contributed by atoms with van der Waals surface area (Å²) in [4.78, 5) is 0. The van der Waals surface area contributed by atoms with Crippen LogP contribution >= 0.6 is 0 Å². The third-order valence-corrected chi connectivity index (χ3v) is 2.10. The summed E-state index contributed by atoms with van der Waals surface area (Å²) < 4.78 is 15.6. The Kier molecular flexibility index (Phi) is 8.16. The lowest BCUT2D eigenvalue weighted by Crippen LogP contribution is -2.24. The van der Waals surface area contributed by atoms with Gasteiger partial charge in [0.1, 0.15) is 18.5 Å². The molecule has 18 heavy (non-hydrogen) atoms. The normalized spacial score (nSPS) is 12.3. The first-order valence-corrected chi connectivity index (χ1v) is 5.95. The van der Waals surface area contributed by atoms with Gasteiger partial charge in [0.15, 0.2) is 0 Å². The topological polar surface area (TPSA) is 68.2 Å². The van der Waals surface area contributed by atoms with Crippen molar-refractivity contribution in [3.63, 3.8) is 0 Å². The molecule has 0 aliphatic carbocycles. The molecular formula is C13H20O5. The first kappa shape index (κ1) is 14.9. The van der Waals surface area contributed by atoms with Crippen LogP contribution in [0.15, 0.2) is 30.3 Å². The SMILES string of the molecule is OCCOCCOCC(O)COc1ccccc1. The molecule has 0 saturated heterocycles. The maximum absolute atomic E-state index is 9.58. The van der Waals surface area contributed by atoms with Crippen molar-refractivity contribution in [1.82, 2.24) is 0 Å². The van der Waals surface area contributed by atoms with E-state index in [0.29, 0.717) is 19.8 Å². The molecule has 1 rings (SSSR count). The Balaban J connectivity index is 1.99. The molecule has 0 fully saturated rings. The Morgan fingerprint density at radius 3 is 2.39 bits per heavy atom. The predicted molar refractivity (Wildman–Crippen MR) is 66.7 cm³/mol. The van der Waals surface area contributed by atoms with Crippen molar-refractivity contribution in [3.8, 4) is 5.75 Å². The van der Waals surface area contributed by atoms with Gasteiger partial charge in [0.2, 0.25) is 0 Å². The Labute approximate surface area is 107 Å². The minimum Gasteiger partial charge on any atom is -0.491 e. The average molecular weight is 256 g/mol. The minimum absolute atomic E-state index is 0.00748. The van der Waals surface area contributed by atoms with Crippen LogP contribution in [0, 0.1) is 0 Å². The highest BCUT2D eigenvalue weighted by atomic mass is 16.5. The second-order valence-electron chi connectivity index (χ2n) is 3.69. The van der Waals surface area contributed by atoms with Crippen molar-refractivity contribution in [2.75, 3.05) is 39.6 Å². The molecule has 5 heteroatoms. The average Bonchev–Trinajstić information content (AvgIpc) is 2.41. The van der Waals surface area contributed by atoms with Crippen LogP contribution in [0.1, 0.15) is 0 Å². The van der Waals surface area contributed by atoms with Gasteiger partial charge in [0.05, 0.1) is 33.0 Å². The second kappa shape index (κ2) is 9.85. The van der Waals surface area contributed by atoms with Crippen LogP contribution in [-0.4, -0.2) is 56.0 Å². The zero-order chi connectivity index (χ0) is 13.1. The van der Waals surface area contributed by atoms with Gasteiger partial charge in [-0.2, -0.15) is 0 Å². The van der Waals surface area contributed by atoms with Crippen LogP contribution in [0.2, 0.25) is 0 Å². The number of aliphatic hydroxyl groups excluding tert-OH is 2. The second-order valence-corrected chi connectivity index (χ2v) is 3.69. The number of ether oxygens (including phenoxy) is 3. The van der Waals surface area contributed by atoms with E-state index in [9.17, 15) is 5.11 Å². The number of benzene rings is 1. The van der Waals surface area contributed by atoms with Crippen LogP contribution < -0.4 is 4.74 Å². The van der Waals surface area contributed by atoms with Crippen LogP contribution in [-0.2, 0) is 9.47 Å². The van der Waals surface area contributed by atoms with Gasteiger partial charge < -0.3 is 24.4 Å². The lowest BCUT2D eigenvalue weighted by Gasteiger charge is -2.12. The maximum atomic E-state index is 9.58. The standard InChI is InChI=1S/C13H20O5/c14-6-7-16-8-9-17-10-12(15)11-18-13-4-2-1-3-5-13/h1-5,12,14-15H,6-11H2. The number of para-hydroxylation sites is 1. The highest BCUT2D eigenvalue weighted by Crippen LogP contribution is 2.08. The van der Waals surface area contributed by atoms with E-state index in [-0.39, 0.29) is 19.8 Å². The molecule has 0 aromatic heterocycles. The number of hydrogen-bond donors (Lipinski definition) is 2. The Hall–Kier alpha value is -1.14. The molecule has 1 unspecified atom stereocenters. The van der Waals surface area contributed by atoms with Crippen LogP contribution in [0.4, 0.5) is 0 Å². The molecule has 0 saturated carbocycles. The lowest BCUT2D eigenvalue weighted by molar-refractivity contribution is -0.0147. The molecule has 0 aliphatic rings. The highest BCUT2D eigenvalue weighted by molar-refractivity contribution is 5.20. The summed E-state index contributed by atoms with van der Waals surface area (Å²) in [6.07, 6.45) is -0.664. The summed E-state index contributed by atoms with van der Waals surface area (Å²) >= 11 is 0. The number of aliphatic hydroxyl groups is 2. The molecule has 1 atom stereocenters. The third kappa shape index (κ3) is 7.24. The molecule has 2 N–H and O–H groups in total. The van der Waals surface area contributed by atoms with Crippen LogP contribution in [0.3, 0.4) is 0 Å². The fraction of sp³-hybridized carbons (Fsp3) is 0.538. The van der Waals surface area contributed by atoms with E-state index < -0.39 is 6.10 Å². The van der Waals surface area contributed by atoms with Crippen molar-refractivity contribution in [2.45, 2.75) is 6.10 Å². The molecule has 5 nitrogen and oxygen atoms in total. The molecule has 102 valence electrons. The van der Waals surface area contributed by atoms with E-state index >= 15 is 0 Å². The van der Waals surface area contributed by atoms with E-state index in [1.54, 1.807) is 0 Å². The third-order valence-electron chi connectivity index (χ3n) is 2.10. The predicted octanol–water partition coefficient (Wildman–Crippen LogP) is 0.452. The minimum atomic E-state index is -0.664. The molecule has 0 amide bonds. The molecular weight excluding hydrogens is 236 g/mol. The van der Waals surface area contributed by atoms with Gasteiger partial charge in [-0.25, -0.2) is 0 Å². The van der Waals surface area contributed by atoms with Gasteiger partial charge in [0.25, 0.3) is 0 Å². The summed E-state index contributed by atoms with van der Waals surface area (Å²) in [5.41, 5.74) is 0. The number of hydrogen-bond acceptors (Lipinski definition) is 5. The Bertz CT molecular complexity index is 291. The van der Waals surface area contributed by atoms with E-state index in [1.165, 1.54) is 0 Å². The van der Waals surface area contributed by atoms with Crippen molar-refractivity contribution in [2.24, 2.45) is 0 Å². The summed E-state index contributed by atoms with van der Waals surface area (Å²) in [7, 11) is 0. The lowest BCUT2D eigenvalue weighted by atomic mass is 10.3. The smallest absolute Gasteiger partial charge is 0.119 e. The van der Waals surface area contributed by atoms with E-state index in [0.717, 1.165) is 5.75 Å². The monoisotopic (exact) mass is 256 g/mol. The first-order chi connectivity index (χ1) is 8.83. The van der Waals surface area contributed by atoms with Crippen molar-refractivity contribution in [1.29, 1.82) is 0 Å². The fourth-order valence-electron chi connectivity index (χ4n) is 1.26. The van der Waals surface area contributed by atoms with Gasteiger partial charge in [-0.05, 0) is 12.1 Å². The Morgan fingerprint density at radius 2 is 1.67 bits per heavy atom. The van der Waals surface area contributed by atoms with E-state index in [1.807, 2.05) is 30.3 Å². The van der Waals surface area contributed by atoms with Gasteiger partial charge >= 0.3 is 0 Å². The highest BCUT2D eigenvalue weighted by Gasteiger charge is 2.05. The summed E-state index contributed by atoms with van der Waals surface area (Å²) in [5.74, 6) is 0.725. The Morgan fingerprint density at radius 1 is 0.944 bits per heavy atom. The molecule has 1 aromatic rings. The van der Waals surface area contributed by atoms with Crippen molar-refractivity contribution < 1.29 is 24.4 Å². The summed E-state index contributed by atoms with van der Waals surface area (Å²) in [6.45, 7) is 1.52. The van der Waals surface area contributed by atoms with Gasteiger partial charge in [0, 0.05) is 0 Å². The largest absolute Gasteiger partial charge is 0.491 e. The number of rotatable bonds is 10. The summed E-state index contributed by atoms with van der Waals surface area (Å²) in [5, 5.41) is 18.0. The van der Waals surface area contributed by atoms with Gasteiger partial charge in [-0.15, -0.1) is 0 Å². The van der Waals surface area contributed by atoms with Crippen molar-refractivity contribution in [3.05, 3.63) is 30.3 Å². The van der Waals surface area contributed by atoms with Gasteiger partial charge in [-0.1, -0.05) is 18.2 Å². The molecule has 0 radical (unpaired) electrons. The first-order valence-electron chi connectivity index (χ1n) is 5.95. The van der Waals surface area contributed by atoms with Gasteiger partial charge in [-0.3, -0.25) is 0 Å². The fourth-order valence-corrected chi connectivity index (χ4v) is 1.26. The summed E-state index contributed by atoms with van der Waals surface area (Å²) in [6, 6.07) is 9.30. The zero-order valence-corrected chi connectivity index (χ0v) is 10.3. The van der Waals surface area contributed by atoms with Crippen LogP contribution in [0.25, 0.3) is 0 Å². The molecule has 0 aliphatic heterocycles. The van der Waals surface area contributed by atoms with E-state index in [4.69, 9.17) is 19.3 Å². The molecule has 0 heterocycles. The molecule has 1 aromatic carbocycles. The van der Waals surface area contributed by atoms with Crippen molar-refractivity contribution >= 4 is 0 Å². The van der Waals surface area contributed by atoms with E-state index in [2.05, 4.69) is 0 Å². The molecule has 0 bridgehead atoms.